The van der Waals surface area contributed by atoms with Crippen LogP contribution >= 0.6 is 0 Å². The molecule has 3 heterocycles. The minimum atomic E-state index is -0.551. The summed E-state index contributed by atoms with van der Waals surface area (Å²) in [4.78, 5) is 14.5. The van der Waals surface area contributed by atoms with Crippen LogP contribution in [-0.2, 0) is 13.0 Å². The van der Waals surface area contributed by atoms with Crippen molar-refractivity contribution < 1.29 is 9.84 Å². The van der Waals surface area contributed by atoms with Crippen molar-refractivity contribution in [2.75, 3.05) is 26.2 Å². The number of piperidine rings is 1. The number of hydrogen-bond donors (Lipinski definition) is 1. The summed E-state index contributed by atoms with van der Waals surface area (Å²) in [5.74, 6) is 1.64. The number of aromatic nitrogens is 1. The molecule has 0 aliphatic carbocycles. The van der Waals surface area contributed by atoms with E-state index in [-0.39, 0.29) is 12.2 Å². The molecule has 4 rings (SSSR count). The molecule has 0 spiro atoms. The van der Waals surface area contributed by atoms with Crippen LogP contribution in [0.1, 0.15) is 29.2 Å². The van der Waals surface area contributed by atoms with Crippen LogP contribution in [0, 0.1) is 12.8 Å². The molecule has 1 saturated heterocycles. The Balaban J connectivity index is 1.36. The Morgan fingerprint density at radius 2 is 2.14 bits per heavy atom. The van der Waals surface area contributed by atoms with Gasteiger partial charge in [-0.15, -0.1) is 6.58 Å². The van der Waals surface area contributed by atoms with Gasteiger partial charge in [-0.05, 0) is 43.4 Å². The first-order valence-electron chi connectivity index (χ1n) is 10.5. The van der Waals surface area contributed by atoms with E-state index < -0.39 is 6.10 Å². The van der Waals surface area contributed by atoms with Gasteiger partial charge in [0.2, 0.25) is 0 Å². The van der Waals surface area contributed by atoms with Gasteiger partial charge in [0.05, 0.1) is 0 Å². The third kappa shape index (κ3) is 4.46. The minimum absolute atomic E-state index is 0.104. The van der Waals surface area contributed by atoms with E-state index in [1.807, 2.05) is 28.8 Å². The van der Waals surface area contributed by atoms with Crippen molar-refractivity contribution in [1.82, 2.24) is 9.47 Å². The molecule has 1 N–H and O–H groups in total. The molecule has 154 valence electrons. The standard InChI is InChI=1S/C24H30N2O3/c1-3-5-19-10-17(2)8-9-23(19)29-16-21(27)15-25-12-18-11-20(14-25)22-6-4-7-24(28)26(22)13-18/h3-4,6-10,18,20-21,27H,1,5,11-16H2,2H3/t18-,20-,21?/m1/s1. The van der Waals surface area contributed by atoms with Gasteiger partial charge in [0, 0.05) is 43.9 Å². The lowest BCUT2D eigenvalue weighted by molar-refractivity contribution is 0.0382. The number of ether oxygens (including phenoxy) is 1. The predicted octanol–water partition coefficient (Wildman–Crippen LogP) is 2.74. The van der Waals surface area contributed by atoms with Crippen LogP contribution in [0.4, 0.5) is 0 Å². The predicted molar refractivity (Wildman–Crippen MR) is 115 cm³/mol. The molecule has 5 nitrogen and oxygen atoms in total. The lowest BCUT2D eigenvalue weighted by atomic mass is 9.83. The molecule has 2 aromatic rings. The number of pyridine rings is 1. The molecule has 2 bridgehead atoms. The number of β-amino-alcohol motifs (C(OH)–C–C–N with tert-alkyl or cyclic N) is 1. The number of aliphatic hydroxyl groups is 1. The zero-order valence-corrected chi connectivity index (χ0v) is 17.1. The summed E-state index contributed by atoms with van der Waals surface area (Å²) < 4.78 is 7.88. The van der Waals surface area contributed by atoms with E-state index in [0.29, 0.717) is 18.4 Å². The second-order valence-corrected chi connectivity index (χ2v) is 8.49. The average Bonchev–Trinajstić information content (AvgIpc) is 2.68. The Hall–Kier alpha value is -2.37. The molecule has 0 amide bonds. The zero-order valence-electron chi connectivity index (χ0n) is 17.1. The summed E-state index contributed by atoms with van der Waals surface area (Å²) in [6.07, 6.45) is 3.19. The van der Waals surface area contributed by atoms with Crippen LogP contribution < -0.4 is 10.3 Å². The minimum Gasteiger partial charge on any atom is -0.491 e. The summed E-state index contributed by atoms with van der Waals surface area (Å²) in [6.45, 7) is 9.31. The molecule has 29 heavy (non-hydrogen) atoms. The van der Waals surface area contributed by atoms with E-state index in [1.165, 1.54) is 5.56 Å². The van der Waals surface area contributed by atoms with Crippen molar-refractivity contribution in [2.24, 2.45) is 5.92 Å². The highest BCUT2D eigenvalue weighted by Crippen LogP contribution is 2.34. The smallest absolute Gasteiger partial charge is 0.250 e. The van der Waals surface area contributed by atoms with E-state index in [4.69, 9.17) is 4.74 Å². The van der Waals surface area contributed by atoms with Crippen molar-refractivity contribution in [3.63, 3.8) is 0 Å². The molecule has 0 radical (unpaired) electrons. The van der Waals surface area contributed by atoms with E-state index in [1.54, 1.807) is 6.07 Å². The number of allylic oxidation sites excluding steroid dienone is 1. The Morgan fingerprint density at radius 3 is 2.97 bits per heavy atom. The fourth-order valence-corrected chi connectivity index (χ4v) is 4.85. The molecule has 1 aromatic heterocycles. The Labute approximate surface area is 172 Å². The number of aliphatic hydroxyl groups excluding tert-OH is 1. The lowest BCUT2D eigenvalue weighted by Gasteiger charge is -2.43. The quantitative estimate of drug-likeness (QED) is 0.734. The van der Waals surface area contributed by atoms with Gasteiger partial charge in [-0.3, -0.25) is 9.69 Å². The molecule has 3 atom stereocenters. The summed E-state index contributed by atoms with van der Waals surface area (Å²) in [7, 11) is 0. The first kappa shape index (κ1) is 19.9. The number of hydrogen-bond acceptors (Lipinski definition) is 4. The zero-order chi connectivity index (χ0) is 20.4. The molecule has 2 aliphatic rings. The van der Waals surface area contributed by atoms with E-state index >= 15 is 0 Å². The van der Waals surface area contributed by atoms with Crippen LogP contribution in [0.25, 0.3) is 0 Å². The van der Waals surface area contributed by atoms with Gasteiger partial charge >= 0.3 is 0 Å². The van der Waals surface area contributed by atoms with Crippen LogP contribution in [0.2, 0.25) is 0 Å². The Morgan fingerprint density at radius 1 is 1.28 bits per heavy atom. The van der Waals surface area contributed by atoms with E-state index in [0.717, 1.165) is 49.5 Å². The molecule has 2 aliphatic heterocycles. The van der Waals surface area contributed by atoms with Crippen LogP contribution in [0.3, 0.4) is 0 Å². The number of fused-ring (bicyclic) bond motifs is 4. The SMILES string of the molecule is C=CCc1cc(C)ccc1OCC(O)CN1C[C@H]2C[C@H](C1)c1cccc(=O)n1C2. The van der Waals surface area contributed by atoms with Crippen molar-refractivity contribution in [3.05, 3.63) is 76.2 Å². The van der Waals surface area contributed by atoms with Crippen molar-refractivity contribution in [3.8, 4) is 5.75 Å². The van der Waals surface area contributed by atoms with Crippen LogP contribution in [0.5, 0.6) is 5.75 Å². The van der Waals surface area contributed by atoms with Gasteiger partial charge in [0.1, 0.15) is 18.5 Å². The maximum Gasteiger partial charge on any atom is 0.250 e. The van der Waals surface area contributed by atoms with E-state index in [2.05, 4.69) is 30.5 Å². The number of aryl methyl sites for hydroxylation is 1. The Bertz CT molecular complexity index is 936. The highest BCUT2D eigenvalue weighted by molar-refractivity contribution is 5.38. The summed E-state index contributed by atoms with van der Waals surface area (Å²) in [6, 6.07) is 11.7. The van der Waals surface area contributed by atoms with Gasteiger partial charge in [-0.25, -0.2) is 0 Å². The average molecular weight is 395 g/mol. The molecular weight excluding hydrogens is 364 g/mol. The van der Waals surface area contributed by atoms with Crippen molar-refractivity contribution >= 4 is 0 Å². The highest BCUT2D eigenvalue weighted by Gasteiger charge is 2.34. The second-order valence-electron chi connectivity index (χ2n) is 8.49. The monoisotopic (exact) mass is 394 g/mol. The number of benzene rings is 1. The summed E-state index contributed by atoms with van der Waals surface area (Å²) in [5.41, 5.74) is 3.53. The van der Waals surface area contributed by atoms with Gasteiger partial charge in [-0.1, -0.05) is 29.8 Å². The number of likely N-dealkylation sites (tertiary alicyclic amines) is 1. The largest absolute Gasteiger partial charge is 0.491 e. The fraction of sp³-hybridized carbons (Fsp3) is 0.458. The topological polar surface area (TPSA) is 54.7 Å². The first-order chi connectivity index (χ1) is 14.0. The molecule has 1 fully saturated rings. The normalized spacial score (nSPS) is 22.0. The summed E-state index contributed by atoms with van der Waals surface area (Å²) >= 11 is 0. The van der Waals surface area contributed by atoms with Gasteiger partial charge < -0.3 is 14.4 Å². The lowest BCUT2D eigenvalue weighted by Crippen LogP contribution is -2.49. The number of nitrogens with zero attached hydrogens (tertiary/aromatic N) is 2. The molecule has 0 saturated carbocycles. The fourth-order valence-electron chi connectivity index (χ4n) is 4.85. The highest BCUT2D eigenvalue weighted by atomic mass is 16.5. The Kier molecular flexibility index (Phi) is 5.88. The molecule has 1 unspecified atom stereocenters. The number of rotatable bonds is 7. The maximum atomic E-state index is 12.2. The maximum absolute atomic E-state index is 12.2. The van der Waals surface area contributed by atoms with Crippen molar-refractivity contribution in [2.45, 2.75) is 38.3 Å². The molecular formula is C24H30N2O3. The molecule has 5 heteroatoms. The molecule has 1 aromatic carbocycles. The van der Waals surface area contributed by atoms with Gasteiger partial charge in [0.15, 0.2) is 0 Å². The first-order valence-corrected chi connectivity index (χ1v) is 10.5. The van der Waals surface area contributed by atoms with Gasteiger partial charge in [-0.2, -0.15) is 0 Å². The summed E-state index contributed by atoms with van der Waals surface area (Å²) in [5, 5.41) is 10.6. The third-order valence-electron chi connectivity index (χ3n) is 6.04. The second kappa shape index (κ2) is 8.56. The van der Waals surface area contributed by atoms with E-state index in [9.17, 15) is 9.90 Å². The van der Waals surface area contributed by atoms with Gasteiger partial charge in [0.25, 0.3) is 5.56 Å². The third-order valence-corrected chi connectivity index (χ3v) is 6.04. The van der Waals surface area contributed by atoms with Crippen LogP contribution in [-0.4, -0.2) is 46.9 Å². The van der Waals surface area contributed by atoms with Crippen molar-refractivity contribution in [1.29, 1.82) is 0 Å². The van der Waals surface area contributed by atoms with Crippen LogP contribution in [0.15, 0.2) is 53.8 Å².